The Hall–Kier alpha value is -4.18. The van der Waals surface area contributed by atoms with Gasteiger partial charge in [0.25, 0.3) is 11.7 Å². The molecule has 1 amide bonds. The van der Waals surface area contributed by atoms with Crippen LogP contribution in [-0.4, -0.2) is 19.1 Å². The molecule has 1 aromatic heterocycles. The molecule has 192 valence electrons. The molecule has 11 heteroatoms. The van der Waals surface area contributed by atoms with Gasteiger partial charge in [0, 0.05) is 6.07 Å². The standard InChI is InChI=1S/C26H19ClF3NO6/c1-2-34-19-9-5-6-10-20(19)36-24-23(33)16-12-11-15(13-21(16)37-25(24)26(28,29)30)35-14-22(32)31-18-8-4-3-7-17(18)27/h3-13H,2,14H2,1H3,(H,31,32). The molecule has 0 aliphatic heterocycles. The van der Waals surface area contributed by atoms with Crippen molar-refractivity contribution < 1.29 is 36.6 Å². The number of carbonyl (C=O) groups is 1. The summed E-state index contributed by atoms with van der Waals surface area (Å²) in [4.78, 5) is 25.2. The molecule has 0 saturated heterocycles. The number of rotatable bonds is 8. The van der Waals surface area contributed by atoms with Crippen LogP contribution >= 0.6 is 11.6 Å². The van der Waals surface area contributed by atoms with Gasteiger partial charge in [-0.25, -0.2) is 0 Å². The Bertz CT molecular complexity index is 1500. The molecule has 0 spiro atoms. The summed E-state index contributed by atoms with van der Waals surface area (Å²) in [5.41, 5.74) is -1.06. The Morgan fingerprint density at radius 1 is 1.00 bits per heavy atom. The molecule has 0 unspecified atom stereocenters. The number of ether oxygens (including phenoxy) is 3. The Morgan fingerprint density at radius 2 is 1.70 bits per heavy atom. The first-order chi connectivity index (χ1) is 17.7. The zero-order valence-electron chi connectivity index (χ0n) is 19.2. The van der Waals surface area contributed by atoms with Gasteiger partial charge in [-0.1, -0.05) is 35.9 Å². The molecule has 4 rings (SSSR count). The van der Waals surface area contributed by atoms with E-state index in [4.69, 9.17) is 30.2 Å². The zero-order valence-corrected chi connectivity index (χ0v) is 20.0. The fourth-order valence-electron chi connectivity index (χ4n) is 3.34. The van der Waals surface area contributed by atoms with Crippen LogP contribution in [0, 0.1) is 0 Å². The number of anilines is 1. The molecule has 0 aliphatic carbocycles. The van der Waals surface area contributed by atoms with Crippen molar-refractivity contribution in [2.24, 2.45) is 0 Å². The van der Waals surface area contributed by atoms with E-state index in [1.165, 1.54) is 30.3 Å². The molecule has 1 heterocycles. The average molecular weight is 534 g/mol. The van der Waals surface area contributed by atoms with Gasteiger partial charge >= 0.3 is 6.18 Å². The van der Waals surface area contributed by atoms with Gasteiger partial charge < -0.3 is 23.9 Å². The number of fused-ring (bicyclic) bond motifs is 1. The maximum atomic E-state index is 13.9. The van der Waals surface area contributed by atoms with Crippen LogP contribution in [0.1, 0.15) is 12.7 Å². The third-order valence-corrected chi connectivity index (χ3v) is 5.29. The second-order valence-electron chi connectivity index (χ2n) is 7.54. The molecule has 3 aromatic carbocycles. The van der Waals surface area contributed by atoms with Crippen LogP contribution in [0.4, 0.5) is 18.9 Å². The van der Waals surface area contributed by atoms with Gasteiger partial charge in [0.05, 0.1) is 22.7 Å². The van der Waals surface area contributed by atoms with Crippen molar-refractivity contribution in [2.75, 3.05) is 18.5 Å². The van der Waals surface area contributed by atoms with Crippen molar-refractivity contribution >= 4 is 34.2 Å². The molecule has 0 aliphatic rings. The molecular formula is C26H19ClF3NO6. The number of nitrogens with one attached hydrogen (secondary N) is 1. The minimum atomic E-state index is -5.05. The summed E-state index contributed by atoms with van der Waals surface area (Å²) in [5, 5.41) is 2.70. The smallest absolute Gasteiger partial charge is 0.453 e. The van der Waals surface area contributed by atoms with Crippen molar-refractivity contribution in [1.29, 1.82) is 0 Å². The van der Waals surface area contributed by atoms with Crippen molar-refractivity contribution in [3.8, 4) is 23.0 Å². The van der Waals surface area contributed by atoms with Crippen molar-refractivity contribution in [3.05, 3.63) is 87.7 Å². The van der Waals surface area contributed by atoms with Crippen molar-refractivity contribution in [2.45, 2.75) is 13.1 Å². The quantitative estimate of drug-likeness (QED) is 0.272. The van der Waals surface area contributed by atoms with Crippen LogP contribution in [0.5, 0.6) is 23.0 Å². The third-order valence-electron chi connectivity index (χ3n) is 4.96. The zero-order chi connectivity index (χ0) is 26.6. The average Bonchev–Trinajstić information content (AvgIpc) is 2.86. The van der Waals surface area contributed by atoms with Crippen LogP contribution in [0.25, 0.3) is 11.0 Å². The first kappa shape index (κ1) is 25.9. The van der Waals surface area contributed by atoms with E-state index in [-0.39, 0.29) is 29.2 Å². The molecule has 7 nitrogen and oxygen atoms in total. The molecular weight excluding hydrogens is 515 g/mol. The van der Waals surface area contributed by atoms with Crippen molar-refractivity contribution in [3.63, 3.8) is 0 Å². The minimum absolute atomic E-state index is 0.00782. The normalized spacial score (nSPS) is 11.3. The highest BCUT2D eigenvalue weighted by molar-refractivity contribution is 6.33. The molecule has 0 radical (unpaired) electrons. The molecule has 0 saturated carbocycles. The van der Waals surface area contributed by atoms with Gasteiger partial charge in [0.2, 0.25) is 11.2 Å². The van der Waals surface area contributed by atoms with Crippen LogP contribution in [-0.2, 0) is 11.0 Å². The van der Waals surface area contributed by atoms with E-state index in [1.54, 1.807) is 37.3 Å². The molecule has 0 bridgehead atoms. The fourth-order valence-corrected chi connectivity index (χ4v) is 3.53. The van der Waals surface area contributed by atoms with E-state index in [0.29, 0.717) is 10.7 Å². The number of para-hydroxylation sites is 3. The maximum Gasteiger partial charge on any atom is 0.453 e. The number of benzene rings is 3. The van der Waals surface area contributed by atoms with Crippen LogP contribution in [0.3, 0.4) is 0 Å². The summed E-state index contributed by atoms with van der Waals surface area (Å²) in [6, 6.07) is 16.2. The minimum Gasteiger partial charge on any atom is -0.490 e. The number of amides is 1. The predicted octanol–water partition coefficient (Wildman–Crippen LogP) is 6.67. The number of carbonyl (C=O) groups excluding carboxylic acids is 1. The summed E-state index contributed by atoms with van der Waals surface area (Å²) in [6.45, 7) is 1.46. The molecule has 0 atom stereocenters. The molecule has 1 N–H and O–H groups in total. The third kappa shape index (κ3) is 5.97. The lowest BCUT2D eigenvalue weighted by Crippen LogP contribution is -2.20. The Kier molecular flexibility index (Phi) is 7.58. The van der Waals surface area contributed by atoms with Gasteiger partial charge in [0.1, 0.15) is 11.3 Å². The second-order valence-corrected chi connectivity index (χ2v) is 7.95. The SMILES string of the molecule is CCOc1ccccc1Oc1c(C(F)(F)F)oc2cc(OCC(=O)Nc3ccccc3Cl)ccc2c1=O. The van der Waals surface area contributed by atoms with E-state index < -0.39 is 41.2 Å². The van der Waals surface area contributed by atoms with Crippen molar-refractivity contribution in [1.82, 2.24) is 0 Å². The molecule has 0 fully saturated rings. The Balaban J connectivity index is 1.63. The van der Waals surface area contributed by atoms with Gasteiger partial charge in [0.15, 0.2) is 18.1 Å². The highest BCUT2D eigenvalue weighted by Gasteiger charge is 2.40. The number of alkyl halides is 3. The predicted molar refractivity (Wildman–Crippen MR) is 131 cm³/mol. The summed E-state index contributed by atoms with van der Waals surface area (Å²) in [5.74, 6) is -3.11. The van der Waals surface area contributed by atoms with E-state index in [0.717, 1.165) is 6.07 Å². The first-order valence-electron chi connectivity index (χ1n) is 10.9. The van der Waals surface area contributed by atoms with E-state index in [9.17, 15) is 22.8 Å². The molecule has 4 aromatic rings. The lowest BCUT2D eigenvalue weighted by molar-refractivity contribution is -0.154. The Labute approximate surface area is 213 Å². The highest BCUT2D eigenvalue weighted by Crippen LogP contribution is 2.40. The van der Waals surface area contributed by atoms with Gasteiger partial charge in [-0.3, -0.25) is 9.59 Å². The second kappa shape index (κ2) is 10.8. The number of hydrogen-bond donors (Lipinski definition) is 1. The fraction of sp³-hybridized carbons (Fsp3) is 0.154. The maximum absolute atomic E-state index is 13.9. The lowest BCUT2D eigenvalue weighted by Gasteiger charge is -2.15. The topological polar surface area (TPSA) is 87.0 Å². The summed E-state index contributed by atoms with van der Waals surface area (Å²) in [7, 11) is 0. The largest absolute Gasteiger partial charge is 0.490 e. The Morgan fingerprint density at radius 3 is 2.41 bits per heavy atom. The van der Waals surface area contributed by atoms with Crippen LogP contribution < -0.4 is 25.0 Å². The first-order valence-corrected chi connectivity index (χ1v) is 11.3. The molecule has 37 heavy (non-hydrogen) atoms. The van der Waals surface area contributed by atoms with Gasteiger partial charge in [-0.15, -0.1) is 0 Å². The number of hydrogen-bond acceptors (Lipinski definition) is 6. The van der Waals surface area contributed by atoms with Gasteiger partial charge in [-0.05, 0) is 43.3 Å². The summed E-state index contributed by atoms with van der Waals surface area (Å²) >= 11 is 6.00. The lowest BCUT2D eigenvalue weighted by atomic mass is 10.2. The van der Waals surface area contributed by atoms with E-state index in [2.05, 4.69) is 5.32 Å². The summed E-state index contributed by atoms with van der Waals surface area (Å²) in [6.07, 6.45) is -5.05. The van der Waals surface area contributed by atoms with Crippen LogP contribution in [0.15, 0.2) is 75.9 Å². The highest BCUT2D eigenvalue weighted by atomic mass is 35.5. The van der Waals surface area contributed by atoms with Gasteiger partial charge in [-0.2, -0.15) is 13.2 Å². The van der Waals surface area contributed by atoms with E-state index in [1.807, 2.05) is 0 Å². The van der Waals surface area contributed by atoms with E-state index >= 15 is 0 Å². The monoisotopic (exact) mass is 533 g/mol. The number of halogens is 4. The van der Waals surface area contributed by atoms with Crippen LogP contribution in [0.2, 0.25) is 5.02 Å². The summed E-state index contributed by atoms with van der Waals surface area (Å²) < 4.78 is 62.8.